The van der Waals surface area contributed by atoms with E-state index in [2.05, 4.69) is 57.8 Å². The molecule has 0 aliphatic rings. The van der Waals surface area contributed by atoms with Crippen LogP contribution < -0.4 is 0 Å². The highest BCUT2D eigenvalue weighted by Crippen LogP contribution is 2.15. The highest BCUT2D eigenvalue weighted by atomic mass is 16.3. The van der Waals surface area contributed by atoms with Crippen LogP contribution in [0.1, 0.15) is 30.5 Å². The van der Waals surface area contributed by atoms with Gasteiger partial charge in [0, 0.05) is 19.7 Å². The van der Waals surface area contributed by atoms with E-state index in [1.807, 2.05) is 0 Å². The van der Waals surface area contributed by atoms with Crippen molar-refractivity contribution < 1.29 is 5.11 Å². The predicted octanol–water partition coefficient (Wildman–Crippen LogP) is 3.00. The van der Waals surface area contributed by atoms with Crippen LogP contribution in [-0.4, -0.2) is 30.2 Å². The zero-order valence-electron chi connectivity index (χ0n) is 12.4. The van der Waals surface area contributed by atoms with Gasteiger partial charge >= 0.3 is 0 Å². The molecule has 1 aromatic carbocycles. The number of benzene rings is 1. The maximum Gasteiger partial charge on any atom is 0.0473 e. The summed E-state index contributed by atoms with van der Waals surface area (Å²) in [4.78, 5) is 2.30. The lowest BCUT2D eigenvalue weighted by atomic mass is 9.96. The fraction of sp³-hybridized carbons (Fsp3) is 0.625. The van der Waals surface area contributed by atoms with Gasteiger partial charge in [-0.1, -0.05) is 32.0 Å². The zero-order valence-corrected chi connectivity index (χ0v) is 12.4. The molecule has 102 valence electrons. The average Bonchev–Trinajstić information content (AvgIpc) is 2.30. The van der Waals surface area contributed by atoms with Gasteiger partial charge in [0.1, 0.15) is 0 Å². The third kappa shape index (κ3) is 4.43. The van der Waals surface area contributed by atoms with Gasteiger partial charge in [-0.2, -0.15) is 0 Å². The van der Waals surface area contributed by atoms with E-state index in [0.717, 1.165) is 13.1 Å². The van der Waals surface area contributed by atoms with Crippen LogP contribution in [0.25, 0.3) is 0 Å². The molecule has 0 saturated heterocycles. The topological polar surface area (TPSA) is 23.5 Å². The maximum atomic E-state index is 9.37. The first-order valence-electron chi connectivity index (χ1n) is 6.79. The number of aliphatic hydroxyl groups is 1. The van der Waals surface area contributed by atoms with Crippen molar-refractivity contribution in [3.63, 3.8) is 0 Å². The van der Waals surface area contributed by atoms with Gasteiger partial charge in [0.25, 0.3) is 0 Å². The van der Waals surface area contributed by atoms with Crippen LogP contribution in [-0.2, 0) is 6.54 Å². The van der Waals surface area contributed by atoms with E-state index in [0.29, 0.717) is 11.8 Å². The number of nitrogens with zero attached hydrogens (tertiary/aromatic N) is 1. The number of aliphatic hydroxyl groups excluding tert-OH is 1. The highest BCUT2D eigenvalue weighted by Gasteiger charge is 2.14. The molecule has 0 aromatic heterocycles. The highest BCUT2D eigenvalue weighted by molar-refractivity contribution is 5.29. The lowest BCUT2D eigenvalue weighted by molar-refractivity contribution is 0.143. The normalized spacial score (nSPS) is 13.3. The third-order valence-corrected chi connectivity index (χ3v) is 3.75. The minimum Gasteiger partial charge on any atom is -0.396 e. The van der Waals surface area contributed by atoms with Gasteiger partial charge in [-0.25, -0.2) is 0 Å². The van der Waals surface area contributed by atoms with Crippen molar-refractivity contribution >= 4 is 0 Å². The Hall–Kier alpha value is -0.860. The van der Waals surface area contributed by atoms with Gasteiger partial charge in [0.15, 0.2) is 0 Å². The molecule has 1 aromatic rings. The SMILES string of the molecule is Cc1ccc(CN(C)CC(CO)C(C)C)cc1C. The van der Waals surface area contributed by atoms with Crippen LogP contribution in [0, 0.1) is 25.7 Å². The summed E-state index contributed by atoms with van der Waals surface area (Å²) in [7, 11) is 2.13. The lowest BCUT2D eigenvalue weighted by Crippen LogP contribution is -2.30. The van der Waals surface area contributed by atoms with E-state index in [1.54, 1.807) is 0 Å². The third-order valence-electron chi connectivity index (χ3n) is 3.75. The van der Waals surface area contributed by atoms with Crippen LogP contribution in [0.2, 0.25) is 0 Å². The van der Waals surface area contributed by atoms with Crippen molar-refractivity contribution in [2.24, 2.45) is 11.8 Å². The van der Waals surface area contributed by atoms with Crippen LogP contribution in [0.15, 0.2) is 18.2 Å². The molecule has 18 heavy (non-hydrogen) atoms. The molecular formula is C16H27NO. The Morgan fingerprint density at radius 1 is 1.17 bits per heavy atom. The molecule has 2 heteroatoms. The van der Waals surface area contributed by atoms with Gasteiger partial charge in [0.2, 0.25) is 0 Å². The van der Waals surface area contributed by atoms with Gasteiger partial charge in [0.05, 0.1) is 0 Å². The summed E-state index contributed by atoms with van der Waals surface area (Å²) in [5, 5.41) is 9.37. The summed E-state index contributed by atoms with van der Waals surface area (Å²) in [6.07, 6.45) is 0. The second-order valence-electron chi connectivity index (χ2n) is 5.80. The second kappa shape index (κ2) is 6.91. The van der Waals surface area contributed by atoms with Crippen LogP contribution in [0.3, 0.4) is 0 Å². The van der Waals surface area contributed by atoms with E-state index in [1.165, 1.54) is 16.7 Å². The summed E-state index contributed by atoms with van der Waals surface area (Å²) in [5.74, 6) is 0.888. The Morgan fingerprint density at radius 3 is 2.33 bits per heavy atom. The van der Waals surface area contributed by atoms with E-state index in [4.69, 9.17) is 0 Å². The van der Waals surface area contributed by atoms with E-state index < -0.39 is 0 Å². The number of aryl methyl sites for hydroxylation is 2. The van der Waals surface area contributed by atoms with Crippen molar-refractivity contribution in [2.45, 2.75) is 34.2 Å². The number of rotatable bonds is 6. The first kappa shape index (κ1) is 15.2. The largest absolute Gasteiger partial charge is 0.396 e. The molecule has 0 heterocycles. The minimum atomic E-state index is 0.273. The maximum absolute atomic E-state index is 9.37. The first-order valence-corrected chi connectivity index (χ1v) is 6.79. The number of hydrogen-bond acceptors (Lipinski definition) is 2. The second-order valence-corrected chi connectivity index (χ2v) is 5.80. The van der Waals surface area contributed by atoms with Gasteiger partial charge in [-0.3, -0.25) is 0 Å². The summed E-state index contributed by atoms with van der Waals surface area (Å²) in [6, 6.07) is 6.64. The molecule has 1 rings (SSSR count). The summed E-state index contributed by atoms with van der Waals surface area (Å²) in [5.41, 5.74) is 4.04. The molecule has 1 atom stereocenters. The quantitative estimate of drug-likeness (QED) is 0.838. The average molecular weight is 249 g/mol. The molecule has 0 radical (unpaired) electrons. The zero-order chi connectivity index (χ0) is 13.7. The standard InChI is InChI=1S/C16H27NO/c1-12(2)16(11-18)10-17(5)9-15-7-6-13(3)14(4)8-15/h6-8,12,16,18H,9-11H2,1-5H3. The van der Waals surface area contributed by atoms with Gasteiger partial charge < -0.3 is 10.0 Å². The molecule has 0 fully saturated rings. The Morgan fingerprint density at radius 2 is 1.83 bits per heavy atom. The summed E-state index contributed by atoms with van der Waals surface area (Å²) < 4.78 is 0. The van der Waals surface area contributed by atoms with Crippen molar-refractivity contribution in [1.82, 2.24) is 4.90 Å². The van der Waals surface area contributed by atoms with E-state index >= 15 is 0 Å². The number of hydrogen-bond donors (Lipinski definition) is 1. The van der Waals surface area contributed by atoms with E-state index in [9.17, 15) is 5.11 Å². The van der Waals surface area contributed by atoms with Crippen LogP contribution in [0.4, 0.5) is 0 Å². The van der Waals surface area contributed by atoms with E-state index in [-0.39, 0.29) is 6.61 Å². The Labute approximate surface area is 112 Å². The predicted molar refractivity (Wildman–Crippen MR) is 77.7 cm³/mol. The fourth-order valence-electron chi connectivity index (χ4n) is 2.16. The molecular weight excluding hydrogens is 222 g/mol. The Kier molecular flexibility index (Phi) is 5.83. The van der Waals surface area contributed by atoms with Crippen LogP contribution in [0.5, 0.6) is 0 Å². The molecule has 0 bridgehead atoms. The first-order chi connectivity index (χ1) is 8.43. The molecule has 1 unspecified atom stereocenters. The van der Waals surface area contributed by atoms with Gasteiger partial charge in [-0.05, 0) is 49.4 Å². The molecule has 0 saturated carbocycles. The molecule has 0 aliphatic heterocycles. The van der Waals surface area contributed by atoms with Crippen LogP contribution >= 0.6 is 0 Å². The molecule has 0 aliphatic carbocycles. The van der Waals surface area contributed by atoms with Crippen molar-refractivity contribution in [3.05, 3.63) is 34.9 Å². The molecule has 1 N–H and O–H groups in total. The monoisotopic (exact) mass is 249 g/mol. The summed E-state index contributed by atoms with van der Waals surface area (Å²) >= 11 is 0. The Balaban J connectivity index is 2.58. The Bertz CT molecular complexity index is 373. The molecule has 0 amide bonds. The van der Waals surface area contributed by atoms with Crippen molar-refractivity contribution in [2.75, 3.05) is 20.2 Å². The minimum absolute atomic E-state index is 0.273. The fourth-order valence-corrected chi connectivity index (χ4v) is 2.16. The molecule has 2 nitrogen and oxygen atoms in total. The van der Waals surface area contributed by atoms with Gasteiger partial charge in [-0.15, -0.1) is 0 Å². The molecule has 0 spiro atoms. The summed E-state index contributed by atoms with van der Waals surface area (Å²) in [6.45, 7) is 10.8. The van der Waals surface area contributed by atoms with Crippen molar-refractivity contribution in [1.29, 1.82) is 0 Å². The smallest absolute Gasteiger partial charge is 0.0473 e. The lowest BCUT2D eigenvalue weighted by Gasteiger charge is -2.25. The van der Waals surface area contributed by atoms with Crippen molar-refractivity contribution in [3.8, 4) is 0 Å².